The molecular formula is C30H27N7O2. The molecule has 0 atom stereocenters. The van der Waals surface area contributed by atoms with Gasteiger partial charge in [0.05, 0.1) is 23.4 Å². The Balaban J connectivity index is 1.37. The van der Waals surface area contributed by atoms with Crippen LogP contribution in [0.2, 0.25) is 0 Å². The Labute approximate surface area is 225 Å². The van der Waals surface area contributed by atoms with Gasteiger partial charge in [0.1, 0.15) is 0 Å². The lowest BCUT2D eigenvalue weighted by molar-refractivity contribution is -0.112. The molecule has 2 aromatic carbocycles. The highest BCUT2D eigenvalue weighted by Crippen LogP contribution is 2.38. The molecule has 0 unspecified atom stereocenters. The third-order valence-electron chi connectivity index (χ3n) is 7.07. The maximum Gasteiger partial charge on any atom is 0.259 e. The number of benzene rings is 2. The highest BCUT2D eigenvalue weighted by molar-refractivity contribution is 6.15. The summed E-state index contributed by atoms with van der Waals surface area (Å²) in [7, 11) is 1.89. The van der Waals surface area contributed by atoms with Gasteiger partial charge >= 0.3 is 0 Å². The fraction of sp³-hybridized carbons (Fsp3) is 0.167. The molecule has 6 rings (SSSR count). The first-order valence-corrected chi connectivity index (χ1v) is 12.6. The topological polar surface area (TPSA) is 109 Å². The van der Waals surface area contributed by atoms with Crippen LogP contribution in [0.1, 0.15) is 39.7 Å². The van der Waals surface area contributed by atoms with E-state index in [1.165, 1.54) is 13.0 Å². The van der Waals surface area contributed by atoms with E-state index in [1.54, 1.807) is 21.9 Å². The summed E-state index contributed by atoms with van der Waals surface area (Å²) in [5.74, 6) is 1.03. The molecule has 9 nitrogen and oxygen atoms in total. The van der Waals surface area contributed by atoms with Crippen LogP contribution in [0.15, 0.2) is 60.9 Å². The van der Waals surface area contributed by atoms with Gasteiger partial charge in [-0.2, -0.15) is 5.10 Å². The summed E-state index contributed by atoms with van der Waals surface area (Å²) < 4.78 is 1.79. The lowest BCUT2D eigenvalue weighted by Gasteiger charge is -2.17. The van der Waals surface area contributed by atoms with Crippen molar-refractivity contribution in [3.63, 3.8) is 0 Å². The summed E-state index contributed by atoms with van der Waals surface area (Å²) >= 11 is 0. The second-order valence-electron chi connectivity index (χ2n) is 9.76. The minimum Gasteiger partial charge on any atom is -0.359 e. The first-order chi connectivity index (χ1) is 18.8. The smallest absolute Gasteiger partial charge is 0.259 e. The van der Waals surface area contributed by atoms with Crippen LogP contribution >= 0.6 is 0 Å². The van der Waals surface area contributed by atoms with Crippen molar-refractivity contribution in [2.75, 3.05) is 10.2 Å². The van der Waals surface area contributed by atoms with Crippen molar-refractivity contribution < 1.29 is 9.59 Å². The average molecular weight is 518 g/mol. The third kappa shape index (κ3) is 4.27. The normalized spacial score (nSPS) is 13.0. The molecule has 3 aromatic heterocycles. The summed E-state index contributed by atoms with van der Waals surface area (Å²) in [5, 5.41) is 8.58. The Morgan fingerprint density at radius 3 is 2.72 bits per heavy atom. The zero-order chi connectivity index (χ0) is 27.3. The second kappa shape index (κ2) is 9.36. The fourth-order valence-electron chi connectivity index (χ4n) is 4.99. The molecule has 0 aliphatic carbocycles. The predicted octanol–water partition coefficient (Wildman–Crippen LogP) is 5.48. The van der Waals surface area contributed by atoms with Crippen LogP contribution in [0, 0.1) is 13.8 Å². The van der Waals surface area contributed by atoms with E-state index in [9.17, 15) is 9.59 Å². The van der Waals surface area contributed by atoms with Crippen LogP contribution < -0.4 is 10.2 Å². The fourth-order valence-corrected chi connectivity index (χ4v) is 4.99. The third-order valence-corrected chi connectivity index (χ3v) is 7.07. The van der Waals surface area contributed by atoms with Gasteiger partial charge in [-0.15, -0.1) is 0 Å². The molecule has 0 saturated heterocycles. The lowest BCUT2D eigenvalue weighted by atomic mass is 10.0. The number of H-pyrrole nitrogens is 1. The molecule has 1 aliphatic heterocycles. The van der Waals surface area contributed by atoms with E-state index in [2.05, 4.69) is 20.4 Å². The van der Waals surface area contributed by atoms with Crippen molar-refractivity contribution in [2.24, 2.45) is 7.05 Å². The van der Waals surface area contributed by atoms with E-state index in [1.807, 2.05) is 69.6 Å². The molecule has 0 spiro atoms. The highest BCUT2D eigenvalue weighted by atomic mass is 16.2. The van der Waals surface area contributed by atoms with E-state index in [0.29, 0.717) is 23.9 Å². The van der Waals surface area contributed by atoms with Gasteiger partial charge in [-0.25, -0.2) is 9.97 Å². The van der Waals surface area contributed by atoms with Crippen molar-refractivity contribution in [1.29, 1.82) is 0 Å². The van der Waals surface area contributed by atoms with Crippen LogP contribution in [0.4, 0.5) is 17.5 Å². The van der Waals surface area contributed by atoms with Gasteiger partial charge in [-0.05, 0) is 55.7 Å². The van der Waals surface area contributed by atoms with Gasteiger partial charge in [0.2, 0.25) is 5.95 Å². The number of para-hydroxylation sites is 1. The largest absolute Gasteiger partial charge is 0.359 e. The van der Waals surface area contributed by atoms with Gasteiger partial charge in [0, 0.05) is 47.7 Å². The first-order valence-electron chi connectivity index (χ1n) is 12.6. The van der Waals surface area contributed by atoms with Gasteiger partial charge in [-0.3, -0.25) is 14.3 Å². The zero-order valence-electron chi connectivity index (χ0n) is 22.1. The number of hydrogen-bond acceptors (Lipinski definition) is 6. The minimum absolute atomic E-state index is 0.0361. The summed E-state index contributed by atoms with van der Waals surface area (Å²) in [6, 6.07) is 13.5. The first kappa shape index (κ1) is 24.3. The standard InChI is InChI=1S/C30H27N7O2/c1-17-14-32-30(33-26-13-18(2)36(4)35-26)34-27(17)23-15-31-28-21(23)8-6-10-25(28)37-16-24-20(12-11-19(3)38)7-5-9-22(24)29(37)39/h5-15,31H,16H2,1-4H3,(H,32,33,34,35)/b12-11+. The van der Waals surface area contributed by atoms with Crippen LogP contribution in [-0.4, -0.2) is 36.4 Å². The second-order valence-corrected chi connectivity index (χ2v) is 9.76. The summed E-state index contributed by atoms with van der Waals surface area (Å²) in [4.78, 5) is 39.4. The molecule has 4 heterocycles. The summed E-state index contributed by atoms with van der Waals surface area (Å²) in [6.07, 6.45) is 7.02. The monoisotopic (exact) mass is 517 g/mol. The predicted molar refractivity (Wildman–Crippen MR) is 152 cm³/mol. The zero-order valence-corrected chi connectivity index (χ0v) is 22.1. The number of carbonyl (C=O) groups excluding carboxylic acids is 2. The number of hydrogen-bond donors (Lipinski definition) is 2. The van der Waals surface area contributed by atoms with Gasteiger partial charge < -0.3 is 15.2 Å². The maximum atomic E-state index is 13.5. The number of nitrogens with zero attached hydrogens (tertiary/aromatic N) is 5. The van der Waals surface area contributed by atoms with Crippen molar-refractivity contribution in [2.45, 2.75) is 27.3 Å². The van der Waals surface area contributed by atoms with Gasteiger partial charge in [0.25, 0.3) is 5.91 Å². The quantitative estimate of drug-likeness (QED) is 0.289. The molecule has 0 radical (unpaired) electrons. The minimum atomic E-state index is -0.0675. The highest BCUT2D eigenvalue weighted by Gasteiger charge is 2.31. The Morgan fingerprint density at radius 2 is 1.95 bits per heavy atom. The molecule has 5 aromatic rings. The number of aromatic nitrogens is 5. The van der Waals surface area contributed by atoms with E-state index in [0.717, 1.165) is 50.2 Å². The number of fused-ring (bicyclic) bond motifs is 2. The van der Waals surface area contributed by atoms with Crippen LogP contribution in [-0.2, 0) is 18.4 Å². The van der Waals surface area contributed by atoms with Crippen molar-refractivity contribution in [3.05, 3.63) is 88.9 Å². The number of amides is 1. The molecule has 2 N–H and O–H groups in total. The Kier molecular flexibility index (Phi) is 5.83. The lowest BCUT2D eigenvalue weighted by Crippen LogP contribution is -2.23. The van der Waals surface area contributed by atoms with E-state index < -0.39 is 0 Å². The number of anilines is 3. The van der Waals surface area contributed by atoms with Gasteiger partial charge in [0.15, 0.2) is 11.6 Å². The molecule has 0 saturated carbocycles. The van der Waals surface area contributed by atoms with E-state index in [4.69, 9.17) is 4.98 Å². The van der Waals surface area contributed by atoms with Crippen molar-refractivity contribution in [1.82, 2.24) is 24.7 Å². The molecule has 1 amide bonds. The summed E-state index contributed by atoms with van der Waals surface area (Å²) in [5.41, 5.74) is 7.73. The number of rotatable bonds is 6. The van der Waals surface area contributed by atoms with Gasteiger partial charge in [-0.1, -0.05) is 30.3 Å². The van der Waals surface area contributed by atoms with Crippen molar-refractivity contribution >= 4 is 46.1 Å². The number of allylic oxidation sites excluding steroid dienone is 1. The Bertz CT molecular complexity index is 1790. The maximum absolute atomic E-state index is 13.5. The number of carbonyl (C=O) groups is 2. The summed E-state index contributed by atoms with van der Waals surface area (Å²) in [6.45, 7) is 5.89. The SMILES string of the molecule is CC(=O)/C=C/c1cccc2c1CN(c1cccc3c(-c4nc(Nc5cc(C)n(C)n5)ncc4C)c[nH]c13)C2=O. The molecule has 9 heteroatoms. The molecule has 194 valence electrons. The van der Waals surface area contributed by atoms with Crippen LogP contribution in [0.5, 0.6) is 0 Å². The Morgan fingerprint density at radius 1 is 1.13 bits per heavy atom. The number of ketones is 1. The van der Waals surface area contributed by atoms with Crippen molar-refractivity contribution in [3.8, 4) is 11.3 Å². The number of aryl methyl sites for hydroxylation is 3. The molecule has 39 heavy (non-hydrogen) atoms. The number of nitrogens with one attached hydrogen (secondary N) is 2. The van der Waals surface area contributed by atoms with Crippen LogP contribution in [0.25, 0.3) is 28.2 Å². The van der Waals surface area contributed by atoms with E-state index in [-0.39, 0.29) is 11.7 Å². The van der Waals surface area contributed by atoms with Crippen LogP contribution in [0.3, 0.4) is 0 Å². The molecule has 1 aliphatic rings. The molecule has 0 fully saturated rings. The Hall–Kier alpha value is -5.05. The number of aromatic amines is 1. The average Bonchev–Trinajstić information content (AvgIpc) is 3.59. The molecule has 0 bridgehead atoms. The molecular weight excluding hydrogens is 490 g/mol. The van der Waals surface area contributed by atoms with E-state index >= 15 is 0 Å².